The molecule has 1 aromatic carbocycles. The first-order valence-electron chi connectivity index (χ1n) is 5.64. The fraction of sp³-hybridized carbons (Fsp3) is 0.333. The van der Waals surface area contributed by atoms with Crippen LogP contribution in [-0.2, 0) is 4.79 Å². The number of hydrogen-bond acceptors (Lipinski definition) is 3. The Hall–Kier alpha value is -1.08. The van der Waals surface area contributed by atoms with Crippen molar-refractivity contribution in [2.24, 2.45) is 0 Å². The number of carbonyl (C=O) groups excluding carboxylic acids is 2. The molecule has 0 heterocycles. The van der Waals surface area contributed by atoms with Crippen molar-refractivity contribution in [2.75, 3.05) is 6.54 Å². The zero-order valence-corrected chi connectivity index (χ0v) is 13.7. The summed E-state index contributed by atoms with van der Waals surface area (Å²) in [6.07, 6.45) is -0.778. The molecule has 0 bridgehead atoms. The van der Waals surface area contributed by atoms with Crippen LogP contribution < -0.4 is 15.4 Å². The Morgan fingerprint density at radius 2 is 2.05 bits per heavy atom. The van der Waals surface area contributed by atoms with E-state index in [1.54, 1.807) is 26.0 Å². The Balaban J connectivity index is 2.61. The summed E-state index contributed by atoms with van der Waals surface area (Å²) in [5.74, 6) is 0.0301. The van der Waals surface area contributed by atoms with Gasteiger partial charge in [0.15, 0.2) is 6.10 Å². The summed E-state index contributed by atoms with van der Waals surface area (Å²) in [5, 5.41) is 4.67. The van der Waals surface area contributed by atoms with Crippen LogP contribution in [-0.4, -0.2) is 24.6 Å². The van der Waals surface area contributed by atoms with Gasteiger partial charge in [0.1, 0.15) is 5.75 Å². The van der Waals surface area contributed by atoms with E-state index in [1.165, 1.54) is 0 Å². The van der Waals surface area contributed by atoms with Gasteiger partial charge in [0.2, 0.25) is 0 Å². The molecule has 2 N–H and O–H groups in total. The first-order chi connectivity index (χ1) is 8.93. The van der Waals surface area contributed by atoms with Gasteiger partial charge in [-0.15, -0.1) is 0 Å². The predicted molar refractivity (Wildman–Crippen MR) is 79.1 cm³/mol. The molecule has 1 atom stereocenters. The zero-order chi connectivity index (χ0) is 14.4. The van der Waals surface area contributed by atoms with Crippen LogP contribution in [0.2, 0.25) is 0 Å². The summed E-state index contributed by atoms with van der Waals surface area (Å²) >= 11 is 6.66. The molecule has 0 aromatic heterocycles. The van der Waals surface area contributed by atoms with Gasteiger partial charge in [-0.05, 0) is 48.0 Å². The minimum Gasteiger partial charge on any atom is -0.480 e. The summed E-state index contributed by atoms with van der Waals surface area (Å²) in [4.78, 5) is 22.9. The van der Waals surface area contributed by atoms with E-state index in [0.29, 0.717) is 12.3 Å². The highest BCUT2D eigenvalue weighted by atomic mass is 79.9. The summed E-state index contributed by atoms with van der Waals surface area (Å²) in [6, 6.07) is 4.81. The third-order valence-electron chi connectivity index (χ3n) is 2.14. The maximum absolute atomic E-state index is 11.7. The molecular formula is C12H14Br2N2O3. The molecule has 0 unspecified atom stereocenters. The smallest absolute Gasteiger partial charge is 0.321 e. The largest absolute Gasteiger partial charge is 0.480 e. The highest BCUT2D eigenvalue weighted by molar-refractivity contribution is 9.11. The van der Waals surface area contributed by atoms with Crippen LogP contribution in [0.15, 0.2) is 27.1 Å². The van der Waals surface area contributed by atoms with Crippen molar-refractivity contribution in [1.82, 2.24) is 10.6 Å². The van der Waals surface area contributed by atoms with Crippen molar-refractivity contribution in [1.29, 1.82) is 0 Å². The Kier molecular flexibility index (Phi) is 6.30. The first kappa shape index (κ1) is 16.0. The van der Waals surface area contributed by atoms with Crippen molar-refractivity contribution in [3.63, 3.8) is 0 Å². The van der Waals surface area contributed by atoms with Crippen LogP contribution in [0, 0.1) is 0 Å². The lowest BCUT2D eigenvalue weighted by Gasteiger charge is -2.15. The number of urea groups is 1. The summed E-state index contributed by atoms with van der Waals surface area (Å²) in [5.41, 5.74) is 0. The van der Waals surface area contributed by atoms with Crippen LogP contribution in [0.1, 0.15) is 13.8 Å². The average molecular weight is 394 g/mol. The minimum atomic E-state index is -0.778. The summed E-state index contributed by atoms with van der Waals surface area (Å²) < 4.78 is 7.10. The maximum Gasteiger partial charge on any atom is 0.321 e. The number of hydrogen-bond donors (Lipinski definition) is 2. The molecule has 7 heteroatoms. The van der Waals surface area contributed by atoms with Gasteiger partial charge in [-0.1, -0.05) is 15.9 Å². The van der Waals surface area contributed by atoms with E-state index in [9.17, 15) is 9.59 Å². The normalized spacial score (nSPS) is 11.6. The SMILES string of the molecule is CCNC(=O)NC(=O)[C@@H](C)Oc1ccc(Br)cc1Br. The number of benzene rings is 1. The molecule has 5 nitrogen and oxygen atoms in total. The van der Waals surface area contributed by atoms with Crippen LogP contribution in [0.4, 0.5) is 4.79 Å². The second-order valence-electron chi connectivity index (χ2n) is 3.68. The number of rotatable bonds is 4. The van der Waals surface area contributed by atoms with Crippen LogP contribution in [0.3, 0.4) is 0 Å². The van der Waals surface area contributed by atoms with Crippen molar-refractivity contribution >= 4 is 43.8 Å². The lowest BCUT2D eigenvalue weighted by Crippen LogP contribution is -2.45. The van der Waals surface area contributed by atoms with E-state index in [-0.39, 0.29) is 0 Å². The third-order valence-corrected chi connectivity index (χ3v) is 3.25. The zero-order valence-electron chi connectivity index (χ0n) is 10.5. The molecule has 1 aromatic rings. The molecule has 0 saturated carbocycles. The fourth-order valence-corrected chi connectivity index (χ4v) is 2.37. The molecule has 0 saturated heterocycles. The minimum absolute atomic E-state index is 0.451. The van der Waals surface area contributed by atoms with Crippen LogP contribution in [0.5, 0.6) is 5.75 Å². The highest BCUT2D eigenvalue weighted by Crippen LogP contribution is 2.28. The molecule has 19 heavy (non-hydrogen) atoms. The molecule has 104 valence electrons. The second kappa shape index (κ2) is 7.49. The quantitative estimate of drug-likeness (QED) is 0.826. The van der Waals surface area contributed by atoms with Crippen molar-refractivity contribution in [2.45, 2.75) is 20.0 Å². The van der Waals surface area contributed by atoms with E-state index in [2.05, 4.69) is 42.5 Å². The first-order valence-corrected chi connectivity index (χ1v) is 7.23. The number of carbonyl (C=O) groups is 2. The van der Waals surface area contributed by atoms with Crippen molar-refractivity contribution < 1.29 is 14.3 Å². The standard InChI is InChI=1S/C12H14Br2N2O3/c1-3-15-12(18)16-11(17)7(2)19-10-5-4-8(13)6-9(10)14/h4-7H,3H2,1-2H3,(H2,15,16,17,18)/t7-/m1/s1. The fourth-order valence-electron chi connectivity index (χ4n) is 1.23. The molecule has 0 aliphatic heterocycles. The number of imide groups is 1. The molecule has 0 spiro atoms. The lowest BCUT2D eigenvalue weighted by molar-refractivity contribution is -0.126. The molecular weight excluding hydrogens is 380 g/mol. The van der Waals surface area contributed by atoms with Crippen molar-refractivity contribution in [3.8, 4) is 5.75 Å². The lowest BCUT2D eigenvalue weighted by atomic mass is 10.3. The van der Waals surface area contributed by atoms with Gasteiger partial charge in [0, 0.05) is 11.0 Å². The highest BCUT2D eigenvalue weighted by Gasteiger charge is 2.18. The average Bonchev–Trinajstić information content (AvgIpc) is 2.32. The Morgan fingerprint density at radius 1 is 1.37 bits per heavy atom. The van der Waals surface area contributed by atoms with E-state index < -0.39 is 18.0 Å². The number of halogens is 2. The Morgan fingerprint density at radius 3 is 2.63 bits per heavy atom. The molecule has 0 radical (unpaired) electrons. The van der Waals surface area contributed by atoms with Gasteiger partial charge in [-0.2, -0.15) is 0 Å². The molecule has 1 rings (SSSR count). The molecule has 0 fully saturated rings. The Labute approximate surface area is 128 Å². The number of amides is 3. The van der Waals surface area contributed by atoms with E-state index in [0.717, 1.165) is 8.95 Å². The summed E-state index contributed by atoms with van der Waals surface area (Å²) in [7, 11) is 0. The maximum atomic E-state index is 11.7. The van der Waals surface area contributed by atoms with E-state index >= 15 is 0 Å². The van der Waals surface area contributed by atoms with Gasteiger partial charge < -0.3 is 10.1 Å². The van der Waals surface area contributed by atoms with Gasteiger partial charge in [-0.25, -0.2) is 4.79 Å². The van der Waals surface area contributed by atoms with Crippen LogP contribution in [0.25, 0.3) is 0 Å². The Bertz CT molecular complexity index is 480. The number of nitrogens with one attached hydrogen (secondary N) is 2. The van der Waals surface area contributed by atoms with E-state index in [1.807, 2.05) is 6.07 Å². The van der Waals surface area contributed by atoms with Gasteiger partial charge >= 0.3 is 6.03 Å². The topological polar surface area (TPSA) is 67.4 Å². The monoisotopic (exact) mass is 392 g/mol. The third kappa shape index (κ3) is 5.20. The number of ether oxygens (including phenoxy) is 1. The predicted octanol–water partition coefficient (Wildman–Crippen LogP) is 2.82. The molecule has 0 aliphatic carbocycles. The summed E-state index contributed by atoms with van der Waals surface area (Å²) in [6.45, 7) is 3.79. The molecule has 3 amide bonds. The van der Waals surface area contributed by atoms with Gasteiger partial charge in [0.05, 0.1) is 4.47 Å². The van der Waals surface area contributed by atoms with Crippen LogP contribution >= 0.6 is 31.9 Å². The van der Waals surface area contributed by atoms with E-state index in [4.69, 9.17) is 4.74 Å². The van der Waals surface area contributed by atoms with Gasteiger partial charge in [0.25, 0.3) is 5.91 Å². The van der Waals surface area contributed by atoms with Gasteiger partial charge in [-0.3, -0.25) is 10.1 Å². The molecule has 0 aliphatic rings. The second-order valence-corrected chi connectivity index (χ2v) is 5.45. The van der Waals surface area contributed by atoms with Crippen molar-refractivity contribution in [3.05, 3.63) is 27.1 Å².